The standard InChI is InChI=1S/C21H26F2N4O3.HI/c1-13-5-6-14(16(7-13)27(3)4)10-25-21(24-2)26-11-15-8-18-19(29-12-28-18)9-17(15)30-20(22)23;/h5-9,20H,10-12H2,1-4H3,(H2,24,25,26);1H. The molecular weight excluding hydrogens is 521 g/mol. The molecule has 0 aliphatic carbocycles. The molecule has 0 saturated carbocycles. The number of hydrogen-bond donors (Lipinski definition) is 2. The van der Waals surface area contributed by atoms with Crippen LogP contribution in [0.2, 0.25) is 0 Å². The van der Waals surface area contributed by atoms with Crippen LogP contribution >= 0.6 is 24.0 Å². The van der Waals surface area contributed by atoms with E-state index in [0.717, 1.165) is 11.3 Å². The van der Waals surface area contributed by atoms with Crippen LogP contribution in [0.5, 0.6) is 17.2 Å². The van der Waals surface area contributed by atoms with Crippen LogP contribution < -0.4 is 29.7 Å². The Hall–Kier alpha value is -2.50. The fourth-order valence-electron chi connectivity index (χ4n) is 3.13. The molecule has 1 aliphatic heterocycles. The third kappa shape index (κ3) is 6.49. The monoisotopic (exact) mass is 548 g/mol. The fraction of sp³-hybridized carbons (Fsp3) is 0.381. The van der Waals surface area contributed by atoms with Crippen molar-refractivity contribution < 1.29 is 23.0 Å². The van der Waals surface area contributed by atoms with Crippen LogP contribution in [0.15, 0.2) is 35.3 Å². The minimum absolute atomic E-state index is 0. The first-order chi connectivity index (χ1) is 14.4. The maximum atomic E-state index is 12.8. The van der Waals surface area contributed by atoms with Gasteiger partial charge >= 0.3 is 6.61 Å². The van der Waals surface area contributed by atoms with Gasteiger partial charge in [-0.05, 0) is 30.2 Å². The van der Waals surface area contributed by atoms with Crippen molar-refractivity contribution in [2.24, 2.45) is 4.99 Å². The fourth-order valence-corrected chi connectivity index (χ4v) is 3.13. The molecule has 2 aromatic rings. The predicted octanol–water partition coefficient (Wildman–Crippen LogP) is 3.87. The summed E-state index contributed by atoms with van der Waals surface area (Å²) in [7, 11) is 5.64. The Morgan fingerprint density at radius 1 is 1.10 bits per heavy atom. The molecule has 170 valence electrons. The maximum absolute atomic E-state index is 12.8. The zero-order chi connectivity index (χ0) is 21.7. The Bertz CT molecular complexity index is 926. The van der Waals surface area contributed by atoms with Crippen molar-refractivity contribution in [2.75, 3.05) is 32.8 Å². The lowest BCUT2D eigenvalue weighted by Gasteiger charge is -2.20. The molecule has 0 saturated heterocycles. The Morgan fingerprint density at radius 2 is 1.74 bits per heavy atom. The number of nitrogens with one attached hydrogen (secondary N) is 2. The van der Waals surface area contributed by atoms with Crippen molar-refractivity contribution in [1.82, 2.24) is 10.6 Å². The highest BCUT2D eigenvalue weighted by atomic mass is 127. The minimum Gasteiger partial charge on any atom is -0.454 e. The van der Waals surface area contributed by atoms with Crippen LogP contribution in [0.3, 0.4) is 0 Å². The van der Waals surface area contributed by atoms with Crippen LogP contribution in [0, 0.1) is 6.92 Å². The molecule has 0 unspecified atom stereocenters. The summed E-state index contributed by atoms with van der Waals surface area (Å²) in [4.78, 5) is 6.27. The van der Waals surface area contributed by atoms with Gasteiger partial charge < -0.3 is 29.7 Å². The number of guanidine groups is 1. The third-order valence-corrected chi connectivity index (χ3v) is 4.61. The third-order valence-electron chi connectivity index (χ3n) is 4.61. The smallest absolute Gasteiger partial charge is 0.387 e. The molecule has 0 spiro atoms. The second kappa shape index (κ2) is 11.2. The lowest BCUT2D eigenvalue weighted by atomic mass is 10.1. The van der Waals surface area contributed by atoms with Crippen molar-refractivity contribution >= 4 is 35.6 Å². The number of ether oxygens (including phenoxy) is 3. The predicted molar refractivity (Wildman–Crippen MR) is 127 cm³/mol. The van der Waals surface area contributed by atoms with Gasteiger partial charge in [-0.1, -0.05) is 12.1 Å². The summed E-state index contributed by atoms with van der Waals surface area (Å²) in [6, 6.07) is 9.29. The van der Waals surface area contributed by atoms with Gasteiger partial charge in [0.1, 0.15) is 5.75 Å². The number of aliphatic imine (C=N–C) groups is 1. The van der Waals surface area contributed by atoms with E-state index in [1.54, 1.807) is 13.1 Å². The highest BCUT2D eigenvalue weighted by Gasteiger charge is 2.20. The first-order valence-electron chi connectivity index (χ1n) is 9.46. The van der Waals surface area contributed by atoms with E-state index in [4.69, 9.17) is 9.47 Å². The molecule has 2 aromatic carbocycles. The van der Waals surface area contributed by atoms with Gasteiger partial charge in [0.2, 0.25) is 6.79 Å². The van der Waals surface area contributed by atoms with Crippen LogP contribution in [-0.4, -0.2) is 40.5 Å². The van der Waals surface area contributed by atoms with Gasteiger partial charge in [-0.15, -0.1) is 24.0 Å². The van der Waals surface area contributed by atoms with E-state index in [9.17, 15) is 8.78 Å². The number of halogens is 3. The first kappa shape index (κ1) is 24.8. The average molecular weight is 548 g/mol. The summed E-state index contributed by atoms with van der Waals surface area (Å²) in [5, 5.41) is 6.38. The highest BCUT2D eigenvalue weighted by Crippen LogP contribution is 2.38. The first-order valence-corrected chi connectivity index (χ1v) is 9.46. The Kier molecular flexibility index (Phi) is 8.96. The minimum atomic E-state index is -2.94. The van der Waals surface area contributed by atoms with Crippen molar-refractivity contribution in [3.05, 3.63) is 47.0 Å². The van der Waals surface area contributed by atoms with Crippen LogP contribution in [-0.2, 0) is 13.1 Å². The largest absolute Gasteiger partial charge is 0.454 e. The molecule has 0 atom stereocenters. The molecular formula is C21H27F2IN4O3. The second-order valence-electron chi connectivity index (χ2n) is 7.00. The van der Waals surface area contributed by atoms with Gasteiger partial charge in [0, 0.05) is 51.5 Å². The number of nitrogens with zero attached hydrogens (tertiary/aromatic N) is 2. The normalized spacial score (nSPS) is 12.4. The Morgan fingerprint density at radius 3 is 2.35 bits per heavy atom. The molecule has 2 N–H and O–H groups in total. The SMILES string of the molecule is CN=C(NCc1cc2c(cc1OC(F)F)OCO2)NCc1ccc(C)cc1N(C)C.I. The van der Waals surface area contributed by atoms with Crippen LogP contribution in [0.25, 0.3) is 0 Å². The molecule has 0 amide bonds. The summed E-state index contributed by atoms with van der Waals surface area (Å²) in [6.07, 6.45) is 0. The summed E-state index contributed by atoms with van der Waals surface area (Å²) in [5.74, 6) is 1.44. The van der Waals surface area contributed by atoms with E-state index in [0.29, 0.717) is 29.6 Å². The quantitative estimate of drug-likeness (QED) is 0.311. The number of benzene rings is 2. The van der Waals surface area contributed by atoms with Gasteiger partial charge in [0.05, 0.1) is 0 Å². The number of alkyl halides is 2. The Labute approximate surface area is 197 Å². The van der Waals surface area contributed by atoms with Gasteiger partial charge in [0.25, 0.3) is 0 Å². The summed E-state index contributed by atoms with van der Waals surface area (Å²) in [6.45, 7) is -0.0712. The number of aryl methyl sites for hydroxylation is 1. The molecule has 0 bridgehead atoms. The number of rotatable bonds is 7. The number of anilines is 1. The van der Waals surface area contributed by atoms with Gasteiger partial charge in [-0.3, -0.25) is 4.99 Å². The zero-order valence-electron chi connectivity index (χ0n) is 17.9. The highest BCUT2D eigenvalue weighted by molar-refractivity contribution is 14.0. The molecule has 10 heteroatoms. The molecule has 7 nitrogen and oxygen atoms in total. The molecule has 1 heterocycles. The van der Waals surface area contributed by atoms with Crippen molar-refractivity contribution in [2.45, 2.75) is 26.6 Å². The molecule has 0 fully saturated rings. The zero-order valence-corrected chi connectivity index (χ0v) is 20.2. The van der Waals surface area contributed by atoms with E-state index in [2.05, 4.69) is 50.4 Å². The number of fused-ring (bicyclic) bond motifs is 1. The lowest BCUT2D eigenvalue weighted by Crippen LogP contribution is -2.36. The van der Waals surface area contributed by atoms with E-state index in [1.165, 1.54) is 11.6 Å². The Balaban J connectivity index is 0.00000341. The van der Waals surface area contributed by atoms with Crippen molar-refractivity contribution in [3.8, 4) is 17.2 Å². The second-order valence-corrected chi connectivity index (χ2v) is 7.00. The number of hydrogen-bond acceptors (Lipinski definition) is 5. The van der Waals surface area contributed by atoms with E-state index in [-0.39, 0.29) is 43.1 Å². The molecule has 0 radical (unpaired) electrons. The van der Waals surface area contributed by atoms with Crippen LogP contribution in [0.1, 0.15) is 16.7 Å². The molecule has 3 rings (SSSR count). The van der Waals surface area contributed by atoms with Crippen molar-refractivity contribution in [1.29, 1.82) is 0 Å². The van der Waals surface area contributed by atoms with E-state index < -0.39 is 6.61 Å². The summed E-state index contributed by atoms with van der Waals surface area (Å²) < 4.78 is 40.8. The van der Waals surface area contributed by atoms with Gasteiger partial charge in [-0.2, -0.15) is 8.78 Å². The maximum Gasteiger partial charge on any atom is 0.387 e. The molecule has 0 aromatic heterocycles. The topological polar surface area (TPSA) is 67.4 Å². The van der Waals surface area contributed by atoms with Gasteiger partial charge in [-0.25, -0.2) is 0 Å². The van der Waals surface area contributed by atoms with Crippen molar-refractivity contribution in [3.63, 3.8) is 0 Å². The molecule has 1 aliphatic rings. The van der Waals surface area contributed by atoms with Crippen LogP contribution in [0.4, 0.5) is 14.5 Å². The molecule has 31 heavy (non-hydrogen) atoms. The summed E-state index contributed by atoms with van der Waals surface area (Å²) in [5.41, 5.74) is 3.91. The van der Waals surface area contributed by atoms with E-state index in [1.807, 2.05) is 14.1 Å². The lowest BCUT2D eigenvalue weighted by molar-refractivity contribution is -0.0505. The van der Waals surface area contributed by atoms with Gasteiger partial charge in [0.15, 0.2) is 17.5 Å². The van der Waals surface area contributed by atoms with E-state index >= 15 is 0 Å². The average Bonchev–Trinajstić information content (AvgIpc) is 3.15. The summed E-state index contributed by atoms with van der Waals surface area (Å²) >= 11 is 0.